The number of para-hydroxylation sites is 1. The molecule has 0 aliphatic heterocycles. The third-order valence-electron chi connectivity index (χ3n) is 3.59. The van der Waals surface area contributed by atoms with Gasteiger partial charge in [0.15, 0.2) is 10.9 Å². The highest BCUT2D eigenvalue weighted by Crippen LogP contribution is 2.31. The van der Waals surface area contributed by atoms with Crippen LogP contribution in [0.1, 0.15) is 10.6 Å². The fourth-order valence-corrected chi connectivity index (χ4v) is 3.28. The molecule has 26 heavy (non-hydrogen) atoms. The van der Waals surface area contributed by atoms with Crippen molar-refractivity contribution in [2.24, 2.45) is 0 Å². The molecule has 0 atom stereocenters. The van der Waals surface area contributed by atoms with Crippen LogP contribution in [0.25, 0.3) is 10.2 Å². The van der Waals surface area contributed by atoms with Crippen LogP contribution in [0.4, 0.5) is 15.4 Å². The van der Waals surface area contributed by atoms with Crippen molar-refractivity contribution in [2.75, 3.05) is 32.1 Å². The molecule has 10 heteroatoms. The molecule has 2 heterocycles. The SMILES string of the molecule is CN(C)CCN(C(=O)c1ccc([N+](=O)[O-])o1)c1nc2c(F)cccc2s1. The molecule has 0 fully saturated rings. The van der Waals surface area contributed by atoms with E-state index in [1.807, 2.05) is 19.0 Å². The molecule has 0 saturated carbocycles. The minimum atomic E-state index is -0.714. The third-order valence-corrected chi connectivity index (χ3v) is 4.63. The van der Waals surface area contributed by atoms with Crippen molar-refractivity contribution in [3.05, 3.63) is 52.0 Å². The number of hydrogen-bond donors (Lipinski definition) is 0. The molecule has 0 bridgehead atoms. The summed E-state index contributed by atoms with van der Waals surface area (Å²) in [6, 6.07) is 6.95. The number of halogens is 1. The van der Waals surface area contributed by atoms with E-state index in [0.29, 0.717) is 16.4 Å². The van der Waals surface area contributed by atoms with Crippen LogP contribution in [0, 0.1) is 15.9 Å². The molecule has 8 nitrogen and oxygen atoms in total. The van der Waals surface area contributed by atoms with Gasteiger partial charge >= 0.3 is 5.88 Å². The van der Waals surface area contributed by atoms with Crippen molar-refractivity contribution in [1.82, 2.24) is 9.88 Å². The van der Waals surface area contributed by atoms with Crippen LogP contribution in [-0.4, -0.2) is 47.9 Å². The Kier molecular flexibility index (Phi) is 4.96. The first-order valence-corrected chi connectivity index (χ1v) is 8.44. The summed E-state index contributed by atoms with van der Waals surface area (Å²) in [5.74, 6) is -1.73. The molecule has 2 aromatic heterocycles. The molecule has 3 rings (SSSR count). The Balaban J connectivity index is 1.98. The van der Waals surface area contributed by atoms with Crippen LogP contribution < -0.4 is 4.90 Å². The van der Waals surface area contributed by atoms with Crippen LogP contribution in [0.15, 0.2) is 34.7 Å². The van der Waals surface area contributed by atoms with Gasteiger partial charge in [0.2, 0.25) is 0 Å². The van der Waals surface area contributed by atoms with Gasteiger partial charge in [0.25, 0.3) is 5.91 Å². The quantitative estimate of drug-likeness (QED) is 0.483. The number of thiazole rings is 1. The molecule has 0 saturated heterocycles. The number of carbonyl (C=O) groups is 1. The normalized spacial score (nSPS) is 11.2. The Morgan fingerprint density at radius 3 is 2.69 bits per heavy atom. The summed E-state index contributed by atoms with van der Waals surface area (Å²) >= 11 is 1.17. The number of rotatable bonds is 6. The van der Waals surface area contributed by atoms with Gasteiger partial charge in [-0.3, -0.25) is 19.8 Å². The average Bonchev–Trinajstić information content (AvgIpc) is 3.22. The van der Waals surface area contributed by atoms with Gasteiger partial charge in [-0.15, -0.1) is 0 Å². The number of fused-ring (bicyclic) bond motifs is 1. The zero-order chi connectivity index (χ0) is 18.8. The molecular formula is C16H15FN4O4S. The third kappa shape index (κ3) is 3.55. The maximum Gasteiger partial charge on any atom is 0.433 e. The van der Waals surface area contributed by atoms with Crippen molar-refractivity contribution in [3.63, 3.8) is 0 Å². The van der Waals surface area contributed by atoms with E-state index in [1.165, 1.54) is 28.4 Å². The number of furan rings is 1. The van der Waals surface area contributed by atoms with Crippen LogP contribution in [-0.2, 0) is 0 Å². The van der Waals surface area contributed by atoms with Crippen LogP contribution in [0.3, 0.4) is 0 Å². The fraction of sp³-hybridized carbons (Fsp3) is 0.250. The van der Waals surface area contributed by atoms with Gasteiger partial charge in [0.1, 0.15) is 16.3 Å². The highest BCUT2D eigenvalue weighted by Gasteiger charge is 2.26. The predicted octanol–water partition coefficient (Wildman–Crippen LogP) is 3.15. The number of benzene rings is 1. The van der Waals surface area contributed by atoms with Gasteiger partial charge < -0.3 is 9.32 Å². The minimum Gasteiger partial charge on any atom is -0.395 e. The van der Waals surface area contributed by atoms with Gasteiger partial charge in [0, 0.05) is 13.1 Å². The standard InChI is InChI=1S/C16H15FN4O4S/c1-19(2)8-9-20(15(22)11-6-7-13(25-11)21(23)24)16-18-14-10(17)4-3-5-12(14)26-16/h3-7H,8-9H2,1-2H3. The molecule has 0 radical (unpaired) electrons. The molecule has 0 spiro atoms. The van der Waals surface area contributed by atoms with Crippen molar-refractivity contribution in [1.29, 1.82) is 0 Å². The van der Waals surface area contributed by atoms with Gasteiger partial charge in [-0.2, -0.15) is 0 Å². The first-order valence-electron chi connectivity index (χ1n) is 7.62. The summed E-state index contributed by atoms with van der Waals surface area (Å²) in [7, 11) is 3.69. The number of anilines is 1. The molecule has 136 valence electrons. The molecule has 3 aromatic rings. The topological polar surface area (TPSA) is 92.7 Å². The first-order chi connectivity index (χ1) is 12.4. The van der Waals surface area contributed by atoms with Crippen molar-refractivity contribution in [2.45, 2.75) is 0 Å². The number of hydrogen-bond acceptors (Lipinski definition) is 7. The average molecular weight is 378 g/mol. The number of amides is 1. The second-order valence-electron chi connectivity index (χ2n) is 5.74. The van der Waals surface area contributed by atoms with E-state index in [-0.39, 0.29) is 17.8 Å². The van der Waals surface area contributed by atoms with Gasteiger partial charge in [-0.05, 0) is 32.3 Å². The highest BCUT2D eigenvalue weighted by molar-refractivity contribution is 7.22. The summed E-state index contributed by atoms with van der Waals surface area (Å²) in [4.78, 5) is 30.3. The van der Waals surface area contributed by atoms with Gasteiger partial charge in [-0.25, -0.2) is 9.37 Å². The maximum absolute atomic E-state index is 13.9. The zero-order valence-corrected chi connectivity index (χ0v) is 14.8. The molecule has 0 N–H and O–H groups in total. The van der Waals surface area contributed by atoms with Crippen molar-refractivity contribution >= 4 is 38.5 Å². The van der Waals surface area contributed by atoms with E-state index in [4.69, 9.17) is 4.42 Å². The summed E-state index contributed by atoms with van der Waals surface area (Å²) < 4.78 is 19.5. The summed E-state index contributed by atoms with van der Waals surface area (Å²) in [6.07, 6.45) is 0. The van der Waals surface area contributed by atoms with Crippen LogP contribution >= 0.6 is 11.3 Å². The molecular weight excluding hydrogens is 363 g/mol. The minimum absolute atomic E-state index is 0.171. The lowest BCUT2D eigenvalue weighted by molar-refractivity contribution is -0.402. The number of carbonyl (C=O) groups excluding carboxylic acids is 1. The smallest absolute Gasteiger partial charge is 0.395 e. The van der Waals surface area contributed by atoms with Gasteiger partial charge in [-0.1, -0.05) is 17.4 Å². The maximum atomic E-state index is 13.9. The Bertz CT molecular complexity index is 968. The van der Waals surface area contributed by atoms with Crippen LogP contribution in [0.5, 0.6) is 0 Å². The van der Waals surface area contributed by atoms with E-state index in [1.54, 1.807) is 12.1 Å². The summed E-state index contributed by atoms with van der Waals surface area (Å²) in [5.41, 5.74) is 0.181. The summed E-state index contributed by atoms with van der Waals surface area (Å²) in [6.45, 7) is 0.786. The lowest BCUT2D eigenvalue weighted by atomic mass is 10.3. The molecule has 0 unspecified atom stereocenters. The second kappa shape index (κ2) is 7.18. The Hall–Kier alpha value is -2.85. The van der Waals surface area contributed by atoms with E-state index in [9.17, 15) is 19.3 Å². The van der Waals surface area contributed by atoms with E-state index >= 15 is 0 Å². The Morgan fingerprint density at radius 1 is 1.31 bits per heavy atom. The Morgan fingerprint density at radius 2 is 2.08 bits per heavy atom. The summed E-state index contributed by atoms with van der Waals surface area (Å²) in [5, 5.41) is 11.1. The number of nitro groups is 1. The number of nitrogens with zero attached hydrogens (tertiary/aromatic N) is 4. The second-order valence-corrected chi connectivity index (χ2v) is 6.75. The zero-order valence-electron chi connectivity index (χ0n) is 14.0. The van der Waals surface area contributed by atoms with E-state index < -0.39 is 22.5 Å². The van der Waals surface area contributed by atoms with Crippen LogP contribution in [0.2, 0.25) is 0 Å². The largest absolute Gasteiger partial charge is 0.433 e. The lowest BCUT2D eigenvalue weighted by Gasteiger charge is -2.20. The highest BCUT2D eigenvalue weighted by atomic mass is 32.1. The molecule has 1 aromatic carbocycles. The molecule has 0 aliphatic rings. The fourth-order valence-electron chi connectivity index (χ4n) is 2.28. The predicted molar refractivity (Wildman–Crippen MR) is 95.2 cm³/mol. The number of likely N-dealkylation sites (N-methyl/N-ethyl adjacent to an activating group) is 1. The first kappa shape index (κ1) is 18.0. The van der Waals surface area contributed by atoms with E-state index in [2.05, 4.69) is 4.98 Å². The van der Waals surface area contributed by atoms with Crippen molar-refractivity contribution in [3.8, 4) is 0 Å². The lowest BCUT2D eigenvalue weighted by Crippen LogP contribution is -2.36. The van der Waals surface area contributed by atoms with Gasteiger partial charge in [0.05, 0.1) is 10.8 Å². The van der Waals surface area contributed by atoms with E-state index in [0.717, 1.165) is 6.07 Å². The monoisotopic (exact) mass is 378 g/mol. The molecule has 1 amide bonds. The Labute approximate surface area is 151 Å². The number of aromatic nitrogens is 1. The van der Waals surface area contributed by atoms with Crippen molar-refractivity contribution < 1.29 is 18.5 Å². The molecule has 0 aliphatic carbocycles.